The molecule has 0 saturated heterocycles. The molecule has 0 radical (unpaired) electrons. The smallest absolute Gasteiger partial charge is 0.188 e. The van der Waals surface area contributed by atoms with Gasteiger partial charge in [-0.05, 0) is 28.9 Å². The lowest BCUT2D eigenvalue weighted by molar-refractivity contribution is 0.0494. The highest BCUT2D eigenvalue weighted by Crippen LogP contribution is 2.49. The van der Waals surface area contributed by atoms with Gasteiger partial charge in [0.2, 0.25) is 0 Å². The SMILES string of the molecule is CCC(C)(Pc1ccccc1N(C)C)c1cccc(Cc2ccccc2)c1OCOC. The van der Waals surface area contributed by atoms with Gasteiger partial charge < -0.3 is 14.4 Å². The first-order valence-corrected chi connectivity index (χ1v) is 11.8. The lowest BCUT2D eigenvalue weighted by Gasteiger charge is -2.33. The van der Waals surface area contributed by atoms with Gasteiger partial charge in [0.1, 0.15) is 5.75 Å². The Balaban J connectivity index is 2.04. The molecule has 3 rings (SSSR count). The van der Waals surface area contributed by atoms with Gasteiger partial charge in [-0.15, -0.1) is 0 Å². The molecule has 0 saturated carbocycles. The Labute approximate surface area is 189 Å². The monoisotopic (exact) mass is 435 g/mol. The van der Waals surface area contributed by atoms with Crippen LogP contribution >= 0.6 is 8.58 Å². The van der Waals surface area contributed by atoms with Gasteiger partial charge in [-0.1, -0.05) is 89.2 Å². The van der Waals surface area contributed by atoms with Gasteiger partial charge in [-0.3, -0.25) is 0 Å². The maximum absolute atomic E-state index is 6.22. The summed E-state index contributed by atoms with van der Waals surface area (Å²) in [6.07, 6.45) is 1.86. The standard InChI is InChI=1S/C27H34NO2P/c1-6-27(2,31-25-18-11-10-17-24(25)28(3)4)23-16-12-15-22(26(23)30-20-29-5)19-21-13-8-7-9-14-21/h7-18,31H,6,19-20H2,1-5H3. The number of anilines is 1. The van der Waals surface area contributed by atoms with E-state index in [0.29, 0.717) is 8.58 Å². The average Bonchev–Trinajstić information content (AvgIpc) is 2.79. The molecule has 3 nitrogen and oxygen atoms in total. The zero-order valence-electron chi connectivity index (χ0n) is 19.3. The first-order valence-electron chi connectivity index (χ1n) is 10.8. The number of hydrogen-bond acceptors (Lipinski definition) is 3. The Morgan fingerprint density at radius 1 is 0.903 bits per heavy atom. The van der Waals surface area contributed by atoms with Crippen LogP contribution in [0.2, 0.25) is 0 Å². The molecule has 0 aliphatic rings. The van der Waals surface area contributed by atoms with Gasteiger partial charge >= 0.3 is 0 Å². The third-order valence-corrected chi connectivity index (χ3v) is 7.62. The molecule has 3 aromatic rings. The van der Waals surface area contributed by atoms with E-state index in [-0.39, 0.29) is 11.9 Å². The summed E-state index contributed by atoms with van der Waals surface area (Å²) < 4.78 is 11.5. The zero-order chi connectivity index (χ0) is 22.3. The number of para-hydroxylation sites is 2. The van der Waals surface area contributed by atoms with Crippen molar-refractivity contribution in [2.75, 3.05) is 32.9 Å². The van der Waals surface area contributed by atoms with Crippen molar-refractivity contribution >= 4 is 19.6 Å². The predicted molar refractivity (Wildman–Crippen MR) is 135 cm³/mol. The molecule has 0 N–H and O–H groups in total. The van der Waals surface area contributed by atoms with Crippen LogP contribution in [-0.4, -0.2) is 28.0 Å². The predicted octanol–water partition coefficient (Wildman–Crippen LogP) is 5.96. The summed E-state index contributed by atoms with van der Waals surface area (Å²) in [5.74, 6) is 0.965. The Hall–Kier alpha value is -2.35. The first-order chi connectivity index (χ1) is 15.0. The summed E-state index contributed by atoms with van der Waals surface area (Å²) >= 11 is 0. The van der Waals surface area contributed by atoms with Gasteiger partial charge in [0.25, 0.3) is 0 Å². The molecule has 0 bridgehead atoms. The van der Waals surface area contributed by atoms with Gasteiger partial charge in [0.15, 0.2) is 6.79 Å². The topological polar surface area (TPSA) is 21.7 Å². The van der Waals surface area contributed by atoms with Crippen LogP contribution in [0.25, 0.3) is 0 Å². The molecule has 3 aromatic carbocycles. The summed E-state index contributed by atoms with van der Waals surface area (Å²) in [4.78, 5) is 2.20. The molecule has 164 valence electrons. The number of nitrogens with zero attached hydrogens (tertiary/aromatic N) is 1. The van der Waals surface area contributed by atoms with Gasteiger partial charge in [-0.25, -0.2) is 0 Å². The van der Waals surface area contributed by atoms with Crippen LogP contribution in [0.5, 0.6) is 5.75 Å². The van der Waals surface area contributed by atoms with Gasteiger partial charge in [0.05, 0.1) is 0 Å². The van der Waals surface area contributed by atoms with E-state index in [1.807, 2.05) is 0 Å². The molecular formula is C27H34NO2P. The molecular weight excluding hydrogens is 401 g/mol. The molecule has 0 aromatic heterocycles. The minimum absolute atomic E-state index is 0.0398. The van der Waals surface area contributed by atoms with Crippen LogP contribution < -0.4 is 14.9 Å². The fourth-order valence-electron chi connectivity index (χ4n) is 3.88. The second-order valence-corrected chi connectivity index (χ2v) is 10.1. The van der Waals surface area contributed by atoms with Crippen molar-refractivity contribution in [3.8, 4) is 5.75 Å². The average molecular weight is 436 g/mol. The molecule has 2 atom stereocenters. The van der Waals surface area contributed by atoms with E-state index in [1.54, 1.807) is 7.11 Å². The second-order valence-electron chi connectivity index (χ2n) is 8.23. The minimum Gasteiger partial charge on any atom is -0.467 e. The third-order valence-electron chi connectivity index (χ3n) is 5.75. The molecule has 31 heavy (non-hydrogen) atoms. The molecule has 0 amide bonds. The Kier molecular flexibility index (Phi) is 8.12. The molecule has 0 aliphatic heterocycles. The van der Waals surface area contributed by atoms with Gasteiger partial charge in [0, 0.05) is 44.0 Å². The number of benzene rings is 3. The quantitative estimate of drug-likeness (QED) is 0.290. The third kappa shape index (κ3) is 5.67. The molecule has 2 unspecified atom stereocenters. The highest BCUT2D eigenvalue weighted by molar-refractivity contribution is 7.49. The summed E-state index contributed by atoms with van der Waals surface area (Å²) in [6, 6.07) is 25.8. The molecule has 0 heterocycles. The largest absolute Gasteiger partial charge is 0.467 e. The molecule has 0 fully saturated rings. The first kappa shape index (κ1) is 23.3. The minimum atomic E-state index is -0.0398. The number of hydrogen-bond donors (Lipinski definition) is 0. The van der Waals surface area contributed by atoms with E-state index in [1.165, 1.54) is 27.7 Å². The fraction of sp³-hybridized carbons (Fsp3) is 0.333. The lowest BCUT2D eigenvalue weighted by atomic mass is 9.92. The summed E-state index contributed by atoms with van der Waals surface area (Å²) in [5, 5.41) is 1.34. The Morgan fingerprint density at radius 3 is 2.29 bits per heavy atom. The van der Waals surface area contributed by atoms with Crippen molar-refractivity contribution in [2.45, 2.75) is 31.8 Å². The van der Waals surface area contributed by atoms with Crippen molar-refractivity contribution in [2.24, 2.45) is 0 Å². The number of rotatable bonds is 10. The normalized spacial score (nSPS) is 13.3. The van der Waals surface area contributed by atoms with E-state index < -0.39 is 0 Å². The summed E-state index contributed by atoms with van der Waals surface area (Å²) in [5.41, 5.74) is 5.01. The van der Waals surface area contributed by atoms with Crippen molar-refractivity contribution in [1.82, 2.24) is 0 Å². The van der Waals surface area contributed by atoms with E-state index in [9.17, 15) is 0 Å². The van der Waals surface area contributed by atoms with Crippen LogP contribution in [0.4, 0.5) is 5.69 Å². The zero-order valence-corrected chi connectivity index (χ0v) is 20.3. The van der Waals surface area contributed by atoms with Crippen LogP contribution in [0.1, 0.15) is 37.0 Å². The van der Waals surface area contributed by atoms with Crippen LogP contribution in [-0.2, 0) is 16.3 Å². The second kappa shape index (κ2) is 10.8. The Bertz CT molecular complexity index is 974. The van der Waals surface area contributed by atoms with Crippen LogP contribution in [0, 0.1) is 0 Å². The summed E-state index contributed by atoms with van der Waals surface area (Å²) in [7, 11) is 6.52. The molecule has 0 spiro atoms. The van der Waals surface area contributed by atoms with Gasteiger partial charge in [-0.2, -0.15) is 0 Å². The van der Waals surface area contributed by atoms with Crippen LogP contribution in [0.3, 0.4) is 0 Å². The molecule has 0 aliphatic carbocycles. The molecule has 4 heteroatoms. The number of ether oxygens (including phenoxy) is 2. The van der Waals surface area contributed by atoms with Crippen molar-refractivity contribution in [1.29, 1.82) is 0 Å². The van der Waals surface area contributed by atoms with E-state index in [4.69, 9.17) is 9.47 Å². The maximum atomic E-state index is 6.22. The van der Waals surface area contributed by atoms with E-state index >= 15 is 0 Å². The van der Waals surface area contributed by atoms with Crippen molar-refractivity contribution in [3.63, 3.8) is 0 Å². The highest BCUT2D eigenvalue weighted by Gasteiger charge is 2.31. The van der Waals surface area contributed by atoms with Crippen molar-refractivity contribution in [3.05, 3.63) is 89.5 Å². The highest BCUT2D eigenvalue weighted by atomic mass is 31.1. The summed E-state index contributed by atoms with van der Waals surface area (Å²) in [6.45, 7) is 4.88. The maximum Gasteiger partial charge on any atom is 0.188 e. The van der Waals surface area contributed by atoms with E-state index in [2.05, 4.69) is 106 Å². The van der Waals surface area contributed by atoms with E-state index in [0.717, 1.165) is 18.6 Å². The van der Waals surface area contributed by atoms with Crippen LogP contribution in [0.15, 0.2) is 72.8 Å². The number of methoxy groups -OCH3 is 1. The fourth-order valence-corrected chi connectivity index (χ4v) is 5.59. The van der Waals surface area contributed by atoms with Crippen molar-refractivity contribution < 1.29 is 9.47 Å². The lowest BCUT2D eigenvalue weighted by Crippen LogP contribution is -2.23. The Morgan fingerprint density at radius 2 is 1.61 bits per heavy atom.